The third kappa shape index (κ3) is 1.70. The van der Waals surface area contributed by atoms with Gasteiger partial charge in [-0.25, -0.2) is 39.9 Å². The Hall–Kier alpha value is -3.16. The van der Waals surface area contributed by atoms with E-state index in [0.29, 0.717) is 34.0 Å². The van der Waals surface area contributed by atoms with Crippen LogP contribution in [0.15, 0.2) is 37.2 Å². The van der Waals surface area contributed by atoms with Crippen molar-refractivity contribution in [3.8, 4) is 11.4 Å². The minimum absolute atomic E-state index is 0.464. The quantitative estimate of drug-likeness (QED) is 0.496. The molecule has 4 heterocycles. The lowest BCUT2D eigenvalue weighted by atomic mass is 10.3. The largest absolute Gasteiger partial charge is 0.232 e. The van der Waals surface area contributed by atoms with E-state index in [2.05, 4.69) is 39.9 Å². The highest BCUT2D eigenvalue weighted by atomic mass is 15.0. The van der Waals surface area contributed by atoms with Crippen molar-refractivity contribution in [2.45, 2.75) is 0 Å². The highest BCUT2D eigenvalue weighted by Crippen LogP contribution is 2.15. The third-order valence-corrected chi connectivity index (χ3v) is 2.65. The van der Waals surface area contributed by atoms with E-state index >= 15 is 0 Å². The number of hydrogen-bond donors (Lipinski definition) is 0. The van der Waals surface area contributed by atoms with Crippen LogP contribution in [-0.2, 0) is 0 Å². The summed E-state index contributed by atoms with van der Waals surface area (Å²) in [5.74, 6) is 0. The molecular formula is C12H6N8. The molecule has 4 aromatic heterocycles. The van der Waals surface area contributed by atoms with Crippen molar-refractivity contribution in [2.24, 2.45) is 0 Å². The molecular weight excluding hydrogens is 256 g/mol. The molecule has 4 rings (SSSR count). The molecule has 0 atom stereocenters. The first-order valence-electron chi connectivity index (χ1n) is 5.78. The van der Waals surface area contributed by atoms with Crippen molar-refractivity contribution < 1.29 is 0 Å². The number of nitrogens with zero attached hydrogens (tertiary/aromatic N) is 8. The molecule has 0 N–H and O–H groups in total. The fourth-order valence-electron chi connectivity index (χ4n) is 1.76. The zero-order chi connectivity index (χ0) is 13.4. The summed E-state index contributed by atoms with van der Waals surface area (Å²) in [4.78, 5) is 33.5. The van der Waals surface area contributed by atoms with Crippen LogP contribution in [0, 0.1) is 0 Å². The second kappa shape index (κ2) is 4.19. The summed E-state index contributed by atoms with van der Waals surface area (Å²) in [7, 11) is 0. The Kier molecular flexibility index (Phi) is 2.25. The maximum atomic E-state index is 4.37. The Labute approximate surface area is 112 Å². The SMILES string of the molecule is c1cnc2nc(-c3cnc4nccnc4n3)cnc2n1. The van der Waals surface area contributed by atoms with Crippen molar-refractivity contribution >= 4 is 22.6 Å². The molecule has 8 nitrogen and oxygen atoms in total. The van der Waals surface area contributed by atoms with Crippen LogP contribution >= 0.6 is 0 Å². The minimum Gasteiger partial charge on any atom is -0.232 e. The average Bonchev–Trinajstić information content (AvgIpc) is 2.54. The maximum Gasteiger partial charge on any atom is 0.198 e. The molecule has 0 unspecified atom stereocenters. The van der Waals surface area contributed by atoms with Gasteiger partial charge < -0.3 is 0 Å². The molecule has 0 aromatic carbocycles. The fourth-order valence-corrected chi connectivity index (χ4v) is 1.76. The molecule has 94 valence electrons. The van der Waals surface area contributed by atoms with Crippen LogP contribution in [0.25, 0.3) is 34.0 Å². The Morgan fingerprint density at radius 2 is 0.850 bits per heavy atom. The van der Waals surface area contributed by atoms with Gasteiger partial charge in [-0.05, 0) is 0 Å². The van der Waals surface area contributed by atoms with Gasteiger partial charge in [0.1, 0.15) is 11.4 Å². The van der Waals surface area contributed by atoms with Crippen LogP contribution in [0.2, 0.25) is 0 Å². The van der Waals surface area contributed by atoms with Gasteiger partial charge in [-0.3, -0.25) is 0 Å². The van der Waals surface area contributed by atoms with E-state index in [-0.39, 0.29) is 0 Å². The first-order valence-corrected chi connectivity index (χ1v) is 5.78. The van der Waals surface area contributed by atoms with Gasteiger partial charge in [0, 0.05) is 24.8 Å². The molecule has 0 aliphatic rings. The van der Waals surface area contributed by atoms with Crippen LogP contribution in [0.5, 0.6) is 0 Å². The Morgan fingerprint density at radius 1 is 0.450 bits per heavy atom. The van der Waals surface area contributed by atoms with Gasteiger partial charge in [0.15, 0.2) is 22.6 Å². The highest BCUT2D eigenvalue weighted by Gasteiger charge is 2.07. The second-order valence-electron chi connectivity index (χ2n) is 3.92. The first-order chi connectivity index (χ1) is 9.90. The van der Waals surface area contributed by atoms with Crippen molar-refractivity contribution in [3.63, 3.8) is 0 Å². The molecule has 0 bridgehead atoms. The molecule has 0 amide bonds. The van der Waals surface area contributed by atoms with Crippen LogP contribution in [-0.4, -0.2) is 39.9 Å². The summed E-state index contributed by atoms with van der Waals surface area (Å²) in [5, 5.41) is 0. The second-order valence-corrected chi connectivity index (χ2v) is 3.92. The van der Waals surface area contributed by atoms with E-state index in [1.165, 1.54) is 0 Å². The zero-order valence-electron chi connectivity index (χ0n) is 10.0. The molecule has 0 radical (unpaired) electrons. The predicted octanol–water partition coefficient (Wildman–Crippen LogP) is 0.820. The summed E-state index contributed by atoms with van der Waals surface area (Å²) < 4.78 is 0. The summed E-state index contributed by atoms with van der Waals surface area (Å²) in [6, 6.07) is 0. The predicted molar refractivity (Wildman–Crippen MR) is 69.3 cm³/mol. The van der Waals surface area contributed by atoms with Crippen molar-refractivity contribution in [3.05, 3.63) is 37.2 Å². The van der Waals surface area contributed by atoms with Crippen molar-refractivity contribution in [1.29, 1.82) is 0 Å². The normalized spacial score (nSPS) is 11.0. The zero-order valence-corrected chi connectivity index (χ0v) is 10.0. The molecule has 0 aliphatic heterocycles. The molecule has 0 aliphatic carbocycles. The average molecular weight is 262 g/mol. The number of hydrogen-bond acceptors (Lipinski definition) is 8. The van der Waals surface area contributed by atoms with Gasteiger partial charge in [0.2, 0.25) is 0 Å². The lowest BCUT2D eigenvalue weighted by molar-refractivity contribution is 1.12. The molecule has 4 aromatic rings. The molecule has 0 spiro atoms. The van der Waals surface area contributed by atoms with Gasteiger partial charge in [-0.1, -0.05) is 0 Å². The smallest absolute Gasteiger partial charge is 0.198 e. The van der Waals surface area contributed by atoms with Gasteiger partial charge >= 0.3 is 0 Å². The maximum absolute atomic E-state index is 4.37. The third-order valence-electron chi connectivity index (χ3n) is 2.65. The monoisotopic (exact) mass is 262 g/mol. The summed E-state index contributed by atoms with van der Waals surface area (Å²) in [6.45, 7) is 0. The Balaban J connectivity index is 1.91. The summed E-state index contributed by atoms with van der Waals surface area (Å²) in [6.07, 6.45) is 9.45. The topological polar surface area (TPSA) is 103 Å². The van der Waals surface area contributed by atoms with E-state index in [9.17, 15) is 0 Å². The molecule has 8 heteroatoms. The number of rotatable bonds is 1. The van der Waals surface area contributed by atoms with E-state index < -0.39 is 0 Å². The van der Waals surface area contributed by atoms with Gasteiger partial charge in [0.25, 0.3) is 0 Å². The van der Waals surface area contributed by atoms with Crippen molar-refractivity contribution in [1.82, 2.24) is 39.9 Å². The van der Waals surface area contributed by atoms with Gasteiger partial charge in [-0.2, -0.15) is 0 Å². The molecule has 20 heavy (non-hydrogen) atoms. The highest BCUT2D eigenvalue weighted by molar-refractivity contribution is 5.71. The van der Waals surface area contributed by atoms with E-state index in [1.807, 2.05) is 0 Å². The first kappa shape index (κ1) is 10.7. The molecule has 0 saturated carbocycles. The van der Waals surface area contributed by atoms with Crippen molar-refractivity contribution in [2.75, 3.05) is 0 Å². The Bertz CT molecular complexity index is 846. The minimum atomic E-state index is 0.464. The van der Waals surface area contributed by atoms with Crippen LogP contribution in [0.3, 0.4) is 0 Å². The van der Waals surface area contributed by atoms with Crippen LogP contribution in [0.1, 0.15) is 0 Å². The van der Waals surface area contributed by atoms with Crippen LogP contribution in [0.4, 0.5) is 0 Å². The van der Waals surface area contributed by atoms with E-state index in [4.69, 9.17) is 0 Å². The van der Waals surface area contributed by atoms with E-state index in [0.717, 1.165) is 0 Å². The lowest BCUT2D eigenvalue weighted by Gasteiger charge is -2.01. The Morgan fingerprint density at radius 3 is 1.30 bits per heavy atom. The number of aromatic nitrogens is 8. The summed E-state index contributed by atoms with van der Waals surface area (Å²) >= 11 is 0. The molecule has 0 saturated heterocycles. The fraction of sp³-hybridized carbons (Fsp3) is 0. The number of fused-ring (bicyclic) bond motifs is 2. The van der Waals surface area contributed by atoms with Gasteiger partial charge in [-0.15, -0.1) is 0 Å². The van der Waals surface area contributed by atoms with Gasteiger partial charge in [0.05, 0.1) is 12.4 Å². The van der Waals surface area contributed by atoms with Crippen LogP contribution < -0.4 is 0 Å². The lowest BCUT2D eigenvalue weighted by Crippen LogP contribution is -1.97. The molecule has 0 fully saturated rings. The summed E-state index contributed by atoms with van der Waals surface area (Å²) in [5.41, 5.74) is 3.04. The standard InChI is InChI=1S/C12H6N8/c1-3-15-11-9(13-1)17-5-7(19-11)8-6-18-10-12(20-8)16-4-2-14-10/h1-6H. The van der Waals surface area contributed by atoms with E-state index in [1.54, 1.807) is 37.2 Å².